The van der Waals surface area contributed by atoms with Crippen LogP contribution in [0.15, 0.2) is 0 Å². The van der Waals surface area contributed by atoms with Gasteiger partial charge in [0.05, 0.1) is 12.4 Å². The van der Waals surface area contributed by atoms with Gasteiger partial charge in [0.15, 0.2) is 0 Å². The van der Waals surface area contributed by atoms with Crippen molar-refractivity contribution in [2.24, 2.45) is 11.7 Å². The molecule has 0 aromatic carbocycles. The summed E-state index contributed by atoms with van der Waals surface area (Å²) < 4.78 is 35.4. The van der Waals surface area contributed by atoms with E-state index in [1.165, 1.54) is 4.31 Å². The summed E-state index contributed by atoms with van der Waals surface area (Å²) in [6.07, 6.45) is 0.502. The maximum atomic E-state index is 11.8. The lowest BCUT2D eigenvalue weighted by atomic mass is 10.1. The molecule has 2 N–H and O–H groups in total. The zero-order valence-electron chi connectivity index (χ0n) is 14.4. The van der Waals surface area contributed by atoms with Gasteiger partial charge in [0.1, 0.15) is 18.8 Å². The molecule has 22 heavy (non-hydrogen) atoms. The Bertz CT molecular complexity index is 437. The number of rotatable bonds is 10. The van der Waals surface area contributed by atoms with Crippen molar-refractivity contribution in [2.75, 3.05) is 26.0 Å². The van der Waals surface area contributed by atoms with Gasteiger partial charge in [-0.05, 0) is 19.8 Å². The number of likely N-dealkylation sites (N-methyl/N-ethyl adjacent to an activating group) is 1. The number of sulfonamides is 1. The first-order chi connectivity index (χ1) is 9.98. The fraction of sp³-hybridized carbons (Fsp3) is 0.929. The minimum atomic E-state index is -3.33. The first-order valence-corrected chi connectivity index (χ1v) is 9.36. The van der Waals surface area contributed by atoms with Crippen LogP contribution >= 0.6 is 0 Å². The largest absolute Gasteiger partial charge is 0.462 e. The third-order valence-electron chi connectivity index (χ3n) is 3.10. The van der Waals surface area contributed by atoms with Gasteiger partial charge in [0.25, 0.3) is 0 Å². The van der Waals surface area contributed by atoms with Crippen LogP contribution in [-0.2, 0) is 24.3 Å². The summed E-state index contributed by atoms with van der Waals surface area (Å²) in [5, 5.41) is 0. The molecule has 0 fully saturated rings. The molecular formula is C14H30N2O5S. The van der Waals surface area contributed by atoms with E-state index in [-0.39, 0.29) is 25.2 Å². The third kappa shape index (κ3) is 8.07. The summed E-state index contributed by atoms with van der Waals surface area (Å²) in [5.41, 5.74) is 5.72. The second-order valence-corrected chi connectivity index (χ2v) is 7.90. The summed E-state index contributed by atoms with van der Waals surface area (Å²) in [7, 11) is -3.33. The van der Waals surface area contributed by atoms with E-state index in [4.69, 9.17) is 15.2 Å². The molecule has 0 unspecified atom stereocenters. The Kier molecular flexibility index (Phi) is 9.14. The lowest BCUT2D eigenvalue weighted by Gasteiger charge is -2.26. The van der Waals surface area contributed by atoms with Crippen molar-refractivity contribution in [2.45, 2.75) is 52.9 Å². The summed E-state index contributed by atoms with van der Waals surface area (Å²) in [6.45, 7) is 9.52. The number of carbonyl (C=O) groups is 1. The van der Waals surface area contributed by atoms with E-state index in [2.05, 4.69) is 0 Å². The molecule has 0 saturated carbocycles. The molecule has 0 saturated heterocycles. The first kappa shape index (κ1) is 21.3. The van der Waals surface area contributed by atoms with Crippen LogP contribution in [0.1, 0.15) is 34.6 Å². The zero-order chi connectivity index (χ0) is 17.5. The number of nitrogens with zero attached hydrogens (tertiary/aromatic N) is 1. The van der Waals surface area contributed by atoms with E-state index in [1.54, 1.807) is 6.92 Å². The topological polar surface area (TPSA) is 98.9 Å². The lowest BCUT2D eigenvalue weighted by molar-refractivity contribution is -0.152. The van der Waals surface area contributed by atoms with Gasteiger partial charge in [-0.15, -0.1) is 0 Å². The number of carbonyl (C=O) groups excluding carboxylic acids is 1. The molecular weight excluding hydrogens is 308 g/mol. The van der Waals surface area contributed by atoms with E-state index in [1.807, 2.05) is 27.7 Å². The summed E-state index contributed by atoms with van der Waals surface area (Å²) in [6, 6.07) is -0.697. The summed E-state index contributed by atoms with van der Waals surface area (Å²) >= 11 is 0. The van der Waals surface area contributed by atoms with Gasteiger partial charge in [-0.2, -0.15) is 4.31 Å². The molecule has 0 bridgehead atoms. The molecule has 0 heterocycles. The molecule has 0 aliphatic carbocycles. The smallest absolute Gasteiger partial charge is 0.323 e. The second kappa shape index (κ2) is 9.44. The zero-order valence-corrected chi connectivity index (χ0v) is 15.2. The van der Waals surface area contributed by atoms with E-state index in [0.29, 0.717) is 6.54 Å². The van der Waals surface area contributed by atoms with E-state index in [9.17, 15) is 13.2 Å². The molecule has 7 nitrogen and oxygen atoms in total. The van der Waals surface area contributed by atoms with E-state index in [0.717, 1.165) is 6.26 Å². The SMILES string of the molecule is CCN(C[C@@H](COC(=O)[C@H](N)C(C)C)OC(C)C)S(C)(=O)=O. The standard InChI is InChI=1S/C14H30N2O5S/c1-7-16(22(6,18)19)8-12(21-11(4)5)9-20-14(17)13(15)10(2)3/h10-13H,7-9,15H2,1-6H3/t12-,13+/m0/s1. The van der Waals surface area contributed by atoms with Gasteiger partial charge in [0.2, 0.25) is 10.0 Å². The fourth-order valence-electron chi connectivity index (χ4n) is 1.79. The van der Waals surface area contributed by atoms with Crippen LogP contribution in [0, 0.1) is 5.92 Å². The Morgan fingerprint density at radius 2 is 1.77 bits per heavy atom. The quantitative estimate of drug-likeness (QED) is 0.585. The molecule has 0 aliphatic rings. The van der Waals surface area contributed by atoms with Gasteiger partial charge >= 0.3 is 5.97 Å². The summed E-state index contributed by atoms with van der Waals surface area (Å²) in [4.78, 5) is 11.8. The van der Waals surface area contributed by atoms with Gasteiger partial charge in [-0.1, -0.05) is 20.8 Å². The highest BCUT2D eigenvalue weighted by atomic mass is 32.2. The van der Waals surface area contributed by atoms with Crippen molar-refractivity contribution in [1.82, 2.24) is 4.31 Å². The molecule has 8 heteroatoms. The molecule has 0 aliphatic heterocycles. The molecule has 2 atom stereocenters. The van der Waals surface area contributed by atoms with Crippen molar-refractivity contribution in [3.8, 4) is 0 Å². The third-order valence-corrected chi connectivity index (χ3v) is 4.44. The number of hydrogen-bond donors (Lipinski definition) is 1. The Labute approximate surface area is 134 Å². The van der Waals surface area contributed by atoms with E-state index < -0.39 is 28.1 Å². The van der Waals surface area contributed by atoms with Crippen LogP contribution in [0.3, 0.4) is 0 Å². The maximum Gasteiger partial charge on any atom is 0.323 e. The molecule has 132 valence electrons. The van der Waals surface area contributed by atoms with Crippen molar-refractivity contribution in [1.29, 1.82) is 0 Å². The van der Waals surface area contributed by atoms with Gasteiger partial charge in [-0.3, -0.25) is 4.79 Å². The second-order valence-electron chi connectivity index (χ2n) is 5.92. The molecule has 0 spiro atoms. The van der Waals surface area contributed by atoms with Crippen LogP contribution in [0.25, 0.3) is 0 Å². The van der Waals surface area contributed by atoms with Crippen LogP contribution in [-0.4, -0.2) is 62.9 Å². The van der Waals surface area contributed by atoms with Gasteiger partial charge < -0.3 is 15.2 Å². The first-order valence-electron chi connectivity index (χ1n) is 7.51. The maximum absolute atomic E-state index is 11.8. The Hall–Kier alpha value is -0.700. The highest BCUT2D eigenvalue weighted by Crippen LogP contribution is 2.08. The van der Waals surface area contributed by atoms with Crippen LogP contribution in [0.2, 0.25) is 0 Å². The average Bonchev–Trinajstić information content (AvgIpc) is 2.38. The van der Waals surface area contributed by atoms with Crippen molar-refractivity contribution >= 4 is 16.0 Å². The predicted octanol–water partition coefficient (Wildman–Crippen LogP) is 0.588. The van der Waals surface area contributed by atoms with Gasteiger partial charge in [0, 0.05) is 13.1 Å². The molecule has 0 radical (unpaired) electrons. The number of ether oxygens (including phenoxy) is 2. The van der Waals surface area contributed by atoms with E-state index >= 15 is 0 Å². The van der Waals surface area contributed by atoms with Crippen molar-refractivity contribution in [3.05, 3.63) is 0 Å². The Morgan fingerprint density at radius 3 is 2.14 bits per heavy atom. The molecule has 0 aromatic heterocycles. The Morgan fingerprint density at radius 1 is 1.23 bits per heavy atom. The fourth-order valence-corrected chi connectivity index (χ4v) is 2.70. The summed E-state index contributed by atoms with van der Waals surface area (Å²) in [5.74, 6) is -0.533. The van der Waals surface area contributed by atoms with Crippen LogP contribution < -0.4 is 5.73 Å². The van der Waals surface area contributed by atoms with Gasteiger partial charge in [-0.25, -0.2) is 8.42 Å². The normalized spacial score (nSPS) is 15.4. The lowest BCUT2D eigenvalue weighted by Crippen LogP contribution is -2.43. The monoisotopic (exact) mass is 338 g/mol. The predicted molar refractivity (Wildman–Crippen MR) is 85.9 cm³/mol. The highest BCUT2D eigenvalue weighted by molar-refractivity contribution is 7.88. The average molecular weight is 338 g/mol. The van der Waals surface area contributed by atoms with Crippen LogP contribution in [0.4, 0.5) is 0 Å². The molecule has 0 aromatic rings. The van der Waals surface area contributed by atoms with Crippen LogP contribution in [0.5, 0.6) is 0 Å². The van der Waals surface area contributed by atoms with Crippen molar-refractivity contribution < 1.29 is 22.7 Å². The minimum Gasteiger partial charge on any atom is -0.462 e. The molecule has 0 rings (SSSR count). The molecule has 0 amide bonds. The van der Waals surface area contributed by atoms with Crippen molar-refractivity contribution in [3.63, 3.8) is 0 Å². The number of esters is 1. The number of nitrogens with two attached hydrogens (primary N) is 1. The number of hydrogen-bond acceptors (Lipinski definition) is 6. The minimum absolute atomic E-state index is 0.0244. The highest BCUT2D eigenvalue weighted by Gasteiger charge is 2.25. The Balaban J connectivity index is 4.75.